The summed E-state index contributed by atoms with van der Waals surface area (Å²) in [5.41, 5.74) is 0.700. The lowest BCUT2D eigenvalue weighted by atomic mass is 10.1. The van der Waals surface area contributed by atoms with Gasteiger partial charge in [0.25, 0.3) is 5.91 Å². The Bertz CT molecular complexity index is 1470. The molecule has 4 aromatic rings. The fraction of sp³-hybridized carbons (Fsp3) is 0.375. The highest BCUT2D eigenvalue weighted by Gasteiger charge is 2.26. The van der Waals surface area contributed by atoms with Crippen molar-refractivity contribution in [2.75, 3.05) is 44.3 Å². The minimum absolute atomic E-state index is 0.0282. The molecule has 1 saturated heterocycles. The molecule has 0 radical (unpaired) electrons. The van der Waals surface area contributed by atoms with Crippen molar-refractivity contribution in [1.82, 2.24) is 20.0 Å². The first-order valence-electron chi connectivity index (χ1n) is 11.5. The lowest BCUT2D eigenvalue weighted by Gasteiger charge is -2.28. The Labute approximate surface area is 198 Å². The quantitative estimate of drug-likeness (QED) is 0.412. The number of thiazole rings is 1. The van der Waals surface area contributed by atoms with Crippen LogP contribution in [0.25, 0.3) is 26.1 Å². The minimum Gasteiger partial charge on any atom is -0.378 e. The Morgan fingerprint density at radius 2 is 2.00 bits per heavy atom. The van der Waals surface area contributed by atoms with Gasteiger partial charge in [0.15, 0.2) is 17.3 Å². The second-order valence-electron chi connectivity index (χ2n) is 8.66. The van der Waals surface area contributed by atoms with Gasteiger partial charge >= 0.3 is 0 Å². The predicted molar refractivity (Wildman–Crippen MR) is 131 cm³/mol. The first kappa shape index (κ1) is 21.5. The lowest BCUT2D eigenvalue weighted by Crippen LogP contribution is -2.37. The van der Waals surface area contributed by atoms with Gasteiger partial charge in [-0.25, -0.2) is 9.37 Å². The van der Waals surface area contributed by atoms with Crippen molar-refractivity contribution < 1.29 is 13.9 Å². The van der Waals surface area contributed by atoms with Gasteiger partial charge in [0.2, 0.25) is 5.43 Å². The fourth-order valence-electron chi connectivity index (χ4n) is 4.42. The predicted octanol–water partition coefficient (Wildman–Crippen LogP) is 2.52. The van der Waals surface area contributed by atoms with E-state index in [0.29, 0.717) is 55.9 Å². The molecule has 1 aliphatic carbocycles. The molecule has 2 N–H and O–H groups in total. The number of fused-ring (bicyclic) bond motifs is 5. The summed E-state index contributed by atoms with van der Waals surface area (Å²) in [5.74, 6) is -0.833. The number of halogens is 1. The van der Waals surface area contributed by atoms with Crippen LogP contribution < -0.4 is 21.0 Å². The smallest absolute Gasteiger partial charge is 0.258 e. The Morgan fingerprint density at radius 3 is 2.79 bits per heavy atom. The summed E-state index contributed by atoms with van der Waals surface area (Å²) in [4.78, 5) is 33.7. The van der Waals surface area contributed by atoms with Crippen LogP contribution in [-0.4, -0.2) is 60.7 Å². The number of anilines is 1. The molecule has 1 aliphatic heterocycles. The first-order valence-corrected chi connectivity index (χ1v) is 12.3. The van der Waals surface area contributed by atoms with Crippen molar-refractivity contribution in [1.29, 1.82) is 0 Å². The SMILES string of the molecule is O=C(NCCNC1CC1)c1c(=O)c2cc(F)c(N3CCOCC3)nc2n2c1sc1ccccc12. The van der Waals surface area contributed by atoms with Crippen LogP contribution in [0.3, 0.4) is 0 Å². The maximum absolute atomic E-state index is 15.2. The molecule has 0 spiro atoms. The number of benzene rings is 1. The molecular weight excluding hydrogens is 457 g/mol. The maximum atomic E-state index is 15.2. The number of hydrogen-bond donors (Lipinski definition) is 2. The van der Waals surface area contributed by atoms with Gasteiger partial charge in [-0.15, -0.1) is 11.3 Å². The number of rotatable bonds is 6. The van der Waals surface area contributed by atoms with E-state index in [1.165, 1.54) is 17.4 Å². The van der Waals surface area contributed by atoms with E-state index in [-0.39, 0.29) is 16.8 Å². The van der Waals surface area contributed by atoms with E-state index in [9.17, 15) is 9.59 Å². The highest BCUT2D eigenvalue weighted by atomic mass is 32.1. The molecule has 1 amide bonds. The van der Waals surface area contributed by atoms with E-state index in [1.54, 1.807) is 0 Å². The molecule has 0 atom stereocenters. The fourth-order valence-corrected chi connectivity index (χ4v) is 5.61. The van der Waals surface area contributed by atoms with Gasteiger partial charge in [-0.1, -0.05) is 12.1 Å². The molecule has 1 aromatic carbocycles. The highest BCUT2D eigenvalue weighted by Crippen LogP contribution is 2.32. The summed E-state index contributed by atoms with van der Waals surface area (Å²) < 4.78 is 23.3. The largest absolute Gasteiger partial charge is 0.378 e. The molecule has 34 heavy (non-hydrogen) atoms. The normalized spacial score (nSPS) is 16.6. The van der Waals surface area contributed by atoms with Crippen molar-refractivity contribution in [2.45, 2.75) is 18.9 Å². The number of hydrogen-bond acceptors (Lipinski definition) is 7. The van der Waals surface area contributed by atoms with Crippen LogP contribution >= 0.6 is 11.3 Å². The third kappa shape index (κ3) is 3.71. The number of morpholine rings is 1. The Hall–Kier alpha value is -3.08. The standard InChI is InChI=1S/C24H24FN5O3S/c25-16-13-15-20(31)19(23(32)27-8-7-26-14-5-6-14)24-30(17-3-1-2-4-18(17)34-24)21(15)28-22(16)29-9-11-33-12-10-29/h1-4,13-14,26H,5-12H2,(H,27,32). The van der Waals surface area contributed by atoms with Crippen LogP contribution in [0.15, 0.2) is 35.1 Å². The number of nitrogens with zero attached hydrogens (tertiary/aromatic N) is 3. The molecule has 3 aromatic heterocycles. The van der Waals surface area contributed by atoms with Gasteiger partial charge in [-0.3, -0.25) is 14.0 Å². The molecule has 176 valence electrons. The number of pyridine rings is 2. The van der Waals surface area contributed by atoms with Gasteiger partial charge in [0.05, 0.1) is 28.8 Å². The summed E-state index contributed by atoms with van der Waals surface area (Å²) in [7, 11) is 0. The summed E-state index contributed by atoms with van der Waals surface area (Å²) >= 11 is 1.36. The molecule has 0 bridgehead atoms. The van der Waals surface area contributed by atoms with Crippen molar-refractivity contribution in [3.63, 3.8) is 0 Å². The molecule has 2 fully saturated rings. The minimum atomic E-state index is -0.578. The molecule has 0 unspecified atom stereocenters. The van der Waals surface area contributed by atoms with Gasteiger partial charge in [0, 0.05) is 32.2 Å². The van der Waals surface area contributed by atoms with Crippen LogP contribution in [0.5, 0.6) is 0 Å². The summed E-state index contributed by atoms with van der Waals surface area (Å²) in [6, 6.07) is 9.43. The van der Waals surface area contributed by atoms with Crippen LogP contribution in [-0.2, 0) is 4.74 Å². The molecule has 6 rings (SSSR count). The lowest BCUT2D eigenvalue weighted by molar-refractivity contribution is 0.0954. The summed E-state index contributed by atoms with van der Waals surface area (Å²) in [6.45, 7) is 3.07. The average molecular weight is 482 g/mol. The van der Waals surface area contributed by atoms with Crippen LogP contribution in [0.1, 0.15) is 23.2 Å². The second kappa shape index (κ2) is 8.61. The monoisotopic (exact) mass is 481 g/mol. The van der Waals surface area contributed by atoms with E-state index in [2.05, 4.69) is 15.6 Å². The molecular formula is C24H24FN5O3S. The van der Waals surface area contributed by atoms with E-state index in [4.69, 9.17) is 4.74 Å². The van der Waals surface area contributed by atoms with Crippen LogP contribution in [0, 0.1) is 5.82 Å². The third-order valence-corrected chi connectivity index (χ3v) is 7.45. The number of amides is 1. The van der Waals surface area contributed by atoms with Crippen LogP contribution in [0.2, 0.25) is 0 Å². The van der Waals surface area contributed by atoms with Gasteiger partial charge in [0.1, 0.15) is 10.4 Å². The number of aromatic nitrogens is 2. The number of para-hydroxylation sites is 1. The van der Waals surface area contributed by atoms with Gasteiger partial charge < -0.3 is 20.3 Å². The molecule has 8 nitrogen and oxygen atoms in total. The third-order valence-electron chi connectivity index (χ3n) is 6.31. The molecule has 1 saturated carbocycles. The van der Waals surface area contributed by atoms with E-state index < -0.39 is 17.2 Å². The molecule has 4 heterocycles. The maximum Gasteiger partial charge on any atom is 0.258 e. The van der Waals surface area contributed by atoms with Gasteiger partial charge in [-0.05, 0) is 31.0 Å². The Morgan fingerprint density at radius 1 is 1.21 bits per heavy atom. The number of carbonyl (C=O) groups is 1. The second-order valence-corrected chi connectivity index (χ2v) is 9.69. The highest BCUT2D eigenvalue weighted by molar-refractivity contribution is 7.24. The first-order chi connectivity index (χ1) is 16.6. The van der Waals surface area contributed by atoms with Crippen molar-refractivity contribution in [3.8, 4) is 0 Å². The van der Waals surface area contributed by atoms with Crippen molar-refractivity contribution >= 4 is 49.1 Å². The number of ether oxygens (including phenoxy) is 1. The van der Waals surface area contributed by atoms with Crippen LogP contribution in [0.4, 0.5) is 10.2 Å². The molecule has 10 heteroatoms. The van der Waals surface area contributed by atoms with Gasteiger partial charge in [-0.2, -0.15) is 0 Å². The van der Waals surface area contributed by atoms with Crippen molar-refractivity contribution in [3.05, 3.63) is 51.9 Å². The average Bonchev–Trinajstić information content (AvgIpc) is 3.60. The zero-order valence-corrected chi connectivity index (χ0v) is 19.3. The topological polar surface area (TPSA) is 88.0 Å². The van der Waals surface area contributed by atoms with E-state index >= 15 is 4.39 Å². The zero-order chi connectivity index (χ0) is 23.2. The zero-order valence-electron chi connectivity index (χ0n) is 18.5. The number of nitrogens with one attached hydrogen (secondary N) is 2. The molecule has 2 aliphatic rings. The van der Waals surface area contributed by atoms with E-state index in [1.807, 2.05) is 33.6 Å². The Balaban J connectivity index is 1.52. The summed E-state index contributed by atoms with van der Waals surface area (Å²) in [6.07, 6.45) is 2.32. The van der Waals surface area contributed by atoms with Crippen molar-refractivity contribution in [2.24, 2.45) is 0 Å². The number of carbonyl (C=O) groups excluding carboxylic acids is 1. The Kier molecular flexibility index (Phi) is 5.43. The van der Waals surface area contributed by atoms with E-state index in [0.717, 1.165) is 23.1 Å². The summed E-state index contributed by atoms with van der Waals surface area (Å²) in [5, 5.41) is 6.29.